The SMILES string of the molecule is CC(C)Sc1c([N+](=O)[O-])ncn1C. The summed E-state index contributed by atoms with van der Waals surface area (Å²) >= 11 is 1.45. The highest BCUT2D eigenvalue weighted by Crippen LogP contribution is 2.29. The lowest BCUT2D eigenvalue weighted by Crippen LogP contribution is -1.96. The summed E-state index contributed by atoms with van der Waals surface area (Å²) < 4.78 is 1.67. The molecule has 0 aliphatic carbocycles. The maximum atomic E-state index is 10.5. The number of nitrogens with zero attached hydrogens (tertiary/aromatic N) is 3. The topological polar surface area (TPSA) is 61.0 Å². The Morgan fingerprint density at radius 1 is 1.69 bits per heavy atom. The number of aryl methyl sites for hydroxylation is 1. The Balaban J connectivity index is 3.01. The zero-order valence-corrected chi connectivity index (χ0v) is 8.54. The van der Waals surface area contributed by atoms with Gasteiger partial charge in [-0.1, -0.05) is 25.6 Å². The van der Waals surface area contributed by atoms with Crippen LogP contribution >= 0.6 is 11.8 Å². The Hall–Kier alpha value is -1.04. The van der Waals surface area contributed by atoms with E-state index in [1.54, 1.807) is 11.6 Å². The van der Waals surface area contributed by atoms with Crippen LogP contribution in [0.5, 0.6) is 0 Å². The zero-order valence-electron chi connectivity index (χ0n) is 7.72. The van der Waals surface area contributed by atoms with Gasteiger partial charge in [0.1, 0.15) is 0 Å². The van der Waals surface area contributed by atoms with Crippen molar-refractivity contribution in [3.8, 4) is 0 Å². The average molecular weight is 201 g/mol. The molecule has 72 valence electrons. The molecule has 0 N–H and O–H groups in total. The minimum atomic E-state index is -0.454. The van der Waals surface area contributed by atoms with Gasteiger partial charge in [0, 0.05) is 12.3 Å². The van der Waals surface area contributed by atoms with E-state index in [0.29, 0.717) is 10.3 Å². The molecular weight excluding hydrogens is 190 g/mol. The first-order valence-electron chi connectivity index (χ1n) is 3.84. The van der Waals surface area contributed by atoms with Gasteiger partial charge in [0.05, 0.1) is 0 Å². The van der Waals surface area contributed by atoms with E-state index in [0.717, 1.165) is 0 Å². The van der Waals surface area contributed by atoms with E-state index in [-0.39, 0.29) is 5.82 Å². The highest BCUT2D eigenvalue weighted by atomic mass is 32.2. The highest BCUT2D eigenvalue weighted by Gasteiger charge is 2.20. The van der Waals surface area contributed by atoms with Crippen LogP contribution in [-0.4, -0.2) is 19.7 Å². The average Bonchev–Trinajstić information content (AvgIpc) is 2.32. The number of thioether (sulfide) groups is 1. The monoisotopic (exact) mass is 201 g/mol. The molecule has 1 aromatic heterocycles. The molecule has 0 spiro atoms. The standard InChI is InChI=1S/C7H11N3O2S/c1-5(2)13-7-6(10(11)12)8-4-9(7)3/h4-5H,1-3H3. The van der Waals surface area contributed by atoms with Crippen LogP contribution in [0.3, 0.4) is 0 Å². The van der Waals surface area contributed by atoms with Crippen LogP contribution in [0, 0.1) is 10.1 Å². The maximum Gasteiger partial charge on any atom is 0.395 e. The molecule has 0 aromatic carbocycles. The lowest BCUT2D eigenvalue weighted by molar-refractivity contribution is -0.392. The fraction of sp³-hybridized carbons (Fsp3) is 0.571. The number of imidazole rings is 1. The van der Waals surface area contributed by atoms with Crippen molar-refractivity contribution in [2.24, 2.45) is 7.05 Å². The fourth-order valence-electron chi connectivity index (χ4n) is 0.891. The third-order valence-corrected chi connectivity index (χ3v) is 2.55. The molecule has 0 unspecified atom stereocenters. The molecule has 0 atom stereocenters. The molecule has 0 amide bonds. The van der Waals surface area contributed by atoms with Gasteiger partial charge >= 0.3 is 5.82 Å². The molecule has 0 aliphatic rings. The lowest BCUT2D eigenvalue weighted by Gasteiger charge is -2.03. The van der Waals surface area contributed by atoms with Crippen LogP contribution in [0.1, 0.15) is 13.8 Å². The fourth-order valence-corrected chi connectivity index (χ4v) is 1.78. The van der Waals surface area contributed by atoms with Crippen LogP contribution in [0.2, 0.25) is 0 Å². The number of hydrogen-bond donors (Lipinski definition) is 0. The van der Waals surface area contributed by atoms with Crippen molar-refractivity contribution < 1.29 is 4.92 Å². The zero-order chi connectivity index (χ0) is 10.0. The molecule has 1 rings (SSSR count). The first-order valence-corrected chi connectivity index (χ1v) is 4.72. The molecule has 1 heterocycles. The van der Waals surface area contributed by atoms with Crippen molar-refractivity contribution in [3.63, 3.8) is 0 Å². The first kappa shape index (κ1) is 10.0. The third kappa shape index (κ3) is 2.21. The predicted octanol–water partition coefficient (Wildman–Crippen LogP) is 1.83. The summed E-state index contributed by atoms with van der Waals surface area (Å²) in [5, 5.41) is 11.5. The molecular formula is C7H11N3O2S. The summed E-state index contributed by atoms with van der Waals surface area (Å²) in [6, 6.07) is 0. The van der Waals surface area contributed by atoms with Gasteiger partial charge < -0.3 is 14.7 Å². The molecule has 13 heavy (non-hydrogen) atoms. The quantitative estimate of drug-likeness (QED) is 0.425. The van der Waals surface area contributed by atoms with E-state index in [1.807, 2.05) is 13.8 Å². The largest absolute Gasteiger partial charge is 0.395 e. The number of hydrogen-bond acceptors (Lipinski definition) is 4. The molecule has 0 fully saturated rings. The Labute approximate surface area is 80.3 Å². The summed E-state index contributed by atoms with van der Waals surface area (Å²) in [5.74, 6) is -0.0544. The van der Waals surface area contributed by atoms with Crippen molar-refractivity contribution in [2.45, 2.75) is 24.1 Å². The molecule has 5 nitrogen and oxygen atoms in total. The summed E-state index contributed by atoms with van der Waals surface area (Å²) in [6.45, 7) is 3.97. The van der Waals surface area contributed by atoms with Crippen molar-refractivity contribution >= 4 is 17.6 Å². The van der Waals surface area contributed by atoms with Crippen molar-refractivity contribution in [1.82, 2.24) is 9.55 Å². The second kappa shape index (κ2) is 3.78. The smallest absolute Gasteiger partial charge is 0.358 e. The molecule has 1 aromatic rings. The van der Waals surface area contributed by atoms with Crippen LogP contribution in [-0.2, 0) is 7.05 Å². The summed E-state index contributed by atoms with van der Waals surface area (Å²) in [5.41, 5.74) is 0. The van der Waals surface area contributed by atoms with Gasteiger partial charge in [-0.2, -0.15) is 0 Å². The van der Waals surface area contributed by atoms with Crippen LogP contribution < -0.4 is 0 Å². The van der Waals surface area contributed by atoms with Crippen LogP contribution in [0.25, 0.3) is 0 Å². The van der Waals surface area contributed by atoms with Gasteiger partial charge in [0.2, 0.25) is 6.33 Å². The third-order valence-electron chi connectivity index (χ3n) is 1.39. The molecule has 6 heteroatoms. The molecule has 0 aliphatic heterocycles. The van der Waals surface area contributed by atoms with E-state index in [1.165, 1.54) is 18.1 Å². The van der Waals surface area contributed by atoms with E-state index >= 15 is 0 Å². The van der Waals surface area contributed by atoms with E-state index < -0.39 is 4.92 Å². The van der Waals surface area contributed by atoms with Crippen LogP contribution in [0.4, 0.5) is 5.82 Å². The minimum absolute atomic E-state index is 0.0544. The first-order chi connectivity index (χ1) is 6.02. The molecule has 0 saturated heterocycles. The summed E-state index contributed by atoms with van der Waals surface area (Å²) in [6.07, 6.45) is 1.46. The van der Waals surface area contributed by atoms with Gasteiger partial charge in [0.15, 0.2) is 5.03 Å². The number of rotatable bonds is 3. The predicted molar refractivity (Wildman–Crippen MR) is 50.9 cm³/mol. The Morgan fingerprint density at radius 2 is 2.31 bits per heavy atom. The van der Waals surface area contributed by atoms with E-state index in [9.17, 15) is 10.1 Å². The Bertz CT molecular complexity index is 322. The molecule has 0 bridgehead atoms. The second-order valence-electron chi connectivity index (χ2n) is 2.91. The highest BCUT2D eigenvalue weighted by molar-refractivity contribution is 7.99. The molecule has 0 radical (unpaired) electrons. The van der Waals surface area contributed by atoms with Crippen LogP contribution in [0.15, 0.2) is 11.4 Å². The van der Waals surface area contributed by atoms with Crippen molar-refractivity contribution in [1.29, 1.82) is 0 Å². The summed E-state index contributed by atoms with van der Waals surface area (Å²) in [4.78, 5) is 13.8. The van der Waals surface area contributed by atoms with Gasteiger partial charge in [-0.15, -0.1) is 0 Å². The van der Waals surface area contributed by atoms with Gasteiger partial charge in [-0.25, -0.2) is 0 Å². The minimum Gasteiger partial charge on any atom is -0.358 e. The number of aromatic nitrogens is 2. The van der Waals surface area contributed by atoms with Crippen molar-refractivity contribution in [3.05, 3.63) is 16.4 Å². The maximum absolute atomic E-state index is 10.5. The Kier molecular flexibility index (Phi) is 2.92. The van der Waals surface area contributed by atoms with E-state index in [2.05, 4.69) is 4.98 Å². The Morgan fingerprint density at radius 3 is 2.77 bits per heavy atom. The second-order valence-corrected chi connectivity index (χ2v) is 4.47. The lowest BCUT2D eigenvalue weighted by atomic mass is 10.6. The normalized spacial score (nSPS) is 10.8. The van der Waals surface area contributed by atoms with Gasteiger partial charge in [-0.3, -0.25) is 0 Å². The van der Waals surface area contributed by atoms with E-state index in [4.69, 9.17) is 0 Å². The molecule has 0 saturated carbocycles. The summed E-state index contributed by atoms with van der Waals surface area (Å²) in [7, 11) is 1.75. The van der Waals surface area contributed by atoms with Crippen molar-refractivity contribution in [2.75, 3.05) is 0 Å². The number of nitro groups is 1. The van der Waals surface area contributed by atoms with Gasteiger partial charge in [0.25, 0.3) is 0 Å². The van der Waals surface area contributed by atoms with Gasteiger partial charge in [-0.05, 0) is 9.91 Å².